The Hall–Kier alpha value is -3.48. The second-order valence-electron chi connectivity index (χ2n) is 7.80. The zero-order chi connectivity index (χ0) is 23.3. The number of carbonyl (C=O) groups is 1. The Bertz CT molecular complexity index is 1330. The zero-order valence-corrected chi connectivity index (χ0v) is 20.2. The normalized spacial score (nSPS) is 16.0. The fourth-order valence-electron chi connectivity index (χ4n) is 3.43. The number of aliphatic imine (C=N–C) groups is 1. The van der Waals surface area contributed by atoms with E-state index < -0.39 is 0 Å². The lowest BCUT2D eigenvalue weighted by atomic mass is 10.2. The van der Waals surface area contributed by atoms with Gasteiger partial charge in [0, 0.05) is 9.79 Å². The molecule has 0 bridgehead atoms. The predicted octanol–water partition coefficient (Wildman–Crippen LogP) is 7.54. The molecule has 3 aromatic carbocycles. The molecule has 2 heterocycles. The van der Waals surface area contributed by atoms with Crippen LogP contribution in [-0.2, 0) is 11.3 Å². The summed E-state index contributed by atoms with van der Waals surface area (Å²) in [5.74, 6) is 0.641. The van der Waals surface area contributed by atoms with E-state index in [0.717, 1.165) is 16.1 Å². The Balaban J connectivity index is 1.38. The van der Waals surface area contributed by atoms with Crippen LogP contribution < -0.4 is 0 Å². The van der Waals surface area contributed by atoms with Crippen molar-refractivity contribution < 1.29 is 9.21 Å². The van der Waals surface area contributed by atoms with Crippen LogP contribution in [0.2, 0.25) is 0 Å². The molecule has 168 valence electrons. The minimum absolute atomic E-state index is 0.0748. The minimum Gasteiger partial charge on any atom is -0.467 e. The maximum absolute atomic E-state index is 13.3. The van der Waals surface area contributed by atoms with Crippen molar-refractivity contribution in [2.75, 3.05) is 0 Å². The molecule has 0 radical (unpaired) electrons. The molecule has 0 spiro atoms. The largest absolute Gasteiger partial charge is 0.467 e. The number of rotatable bonds is 6. The van der Waals surface area contributed by atoms with Gasteiger partial charge in [0.25, 0.3) is 5.91 Å². The van der Waals surface area contributed by atoms with Gasteiger partial charge >= 0.3 is 0 Å². The highest BCUT2D eigenvalue weighted by Crippen LogP contribution is 2.36. The van der Waals surface area contributed by atoms with Gasteiger partial charge in [0.2, 0.25) is 0 Å². The Morgan fingerprint density at radius 1 is 0.912 bits per heavy atom. The van der Waals surface area contributed by atoms with E-state index in [1.54, 1.807) is 22.9 Å². The Kier molecular flexibility index (Phi) is 6.70. The highest BCUT2D eigenvalue weighted by Gasteiger charge is 2.34. The van der Waals surface area contributed by atoms with Crippen LogP contribution in [0.5, 0.6) is 0 Å². The van der Waals surface area contributed by atoms with Gasteiger partial charge in [-0.3, -0.25) is 9.69 Å². The summed E-state index contributed by atoms with van der Waals surface area (Å²) in [7, 11) is 0. The van der Waals surface area contributed by atoms with Crippen molar-refractivity contribution in [3.8, 4) is 0 Å². The second kappa shape index (κ2) is 10.2. The molecule has 4 nitrogen and oxygen atoms in total. The Labute approximate surface area is 207 Å². The van der Waals surface area contributed by atoms with Crippen molar-refractivity contribution in [1.29, 1.82) is 0 Å². The number of aryl methyl sites for hydroxylation is 1. The van der Waals surface area contributed by atoms with E-state index in [9.17, 15) is 4.79 Å². The van der Waals surface area contributed by atoms with E-state index in [4.69, 9.17) is 9.41 Å². The summed E-state index contributed by atoms with van der Waals surface area (Å²) in [6, 6.07) is 30.1. The van der Waals surface area contributed by atoms with Crippen molar-refractivity contribution >= 4 is 46.4 Å². The van der Waals surface area contributed by atoms with Gasteiger partial charge in [0.1, 0.15) is 5.76 Å². The average molecular weight is 483 g/mol. The van der Waals surface area contributed by atoms with E-state index in [2.05, 4.69) is 43.3 Å². The first-order valence-electron chi connectivity index (χ1n) is 10.9. The molecule has 0 aliphatic carbocycles. The number of hydrogen-bond acceptors (Lipinski definition) is 5. The summed E-state index contributed by atoms with van der Waals surface area (Å²) in [5, 5.41) is 0.644. The summed E-state index contributed by atoms with van der Waals surface area (Å²) in [4.78, 5) is 22.7. The van der Waals surface area contributed by atoms with E-state index >= 15 is 0 Å². The number of thioether (sulfide) groups is 1. The average Bonchev–Trinajstić information content (AvgIpc) is 3.47. The molecule has 1 saturated heterocycles. The maximum atomic E-state index is 13.3. The summed E-state index contributed by atoms with van der Waals surface area (Å²) >= 11 is 3.11. The number of benzene rings is 3. The number of carbonyl (C=O) groups excluding carboxylic acids is 1. The molecule has 1 aliphatic heterocycles. The molecule has 34 heavy (non-hydrogen) atoms. The van der Waals surface area contributed by atoms with Gasteiger partial charge < -0.3 is 4.42 Å². The fourth-order valence-corrected chi connectivity index (χ4v) is 5.24. The SMILES string of the molecule is Cc1ccc(Sc2ccc(/C=C3\SC(=Nc4ccccc4)N(Cc4ccco4)C3=O)cc2)cc1. The van der Waals surface area contributed by atoms with Gasteiger partial charge in [-0.15, -0.1) is 0 Å². The Morgan fingerprint density at radius 2 is 1.62 bits per heavy atom. The van der Waals surface area contributed by atoms with Gasteiger partial charge in [-0.2, -0.15) is 0 Å². The third kappa shape index (κ3) is 5.35. The van der Waals surface area contributed by atoms with E-state index in [1.807, 2.05) is 60.7 Å². The second-order valence-corrected chi connectivity index (χ2v) is 9.95. The van der Waals surface area contributed by atoms with E-state index in [-0.39, 0.29) is 5.91 Å². The first-order chi connectivity index (χ1) is 16.6. The van der Waals surface area contributed by atoms with Crippen molar-refractivity contribution in [2.24, 2.45) is 4.99 Å². The van der Waals surface area contributed by atoms with Crippen LogP contribution in [0.3, 0.4) is 0 Å². The van der Waals surface area contributed by atoms with Crippen LogP contribution in [0.1, 0.15) is 16.9 Å². The Morgan fingerprint density at radius 3 is 2.29 bits per heavy atom. The van der Waals surface area contributed by atoms with Crippen LogP contribution in [0.4, 0.5) is 5.69 Å². The van der Waals surface area contributed by atoms with Crippen LogP contribution in [0.15, 0.2) is 121 Å². The molecular weight excluding hydrogens is 460 g/mol. The number of hydrogen-bond donors (Lipinski definition) is 0. The summed E-state index contributed by atoms with van der Waals surface area (Å²) in [6.07, 6.45) is 3.54. The van der Waals surface area contributed by atoms with Gasteiger partial charge in [-0.05, 0) is 78.9 Å². The number of furan rings is 1. The maximum Gasteiger partial charge on any atom is 0.267 e. The number of amidine groups is 1. The van der Waals surface area contributed by atoms with Gasteiger partial charge in [0.05, 0.1) is 23.4 Å². The molecule has 1 fully saturated rings. The molecule has 0 N–H and O–H groups in total. The van der Waals surface area contributed by atoms with Crippen LogP contribution >= 0.6 is 23.5 Å². The van der Waals surface area contributed by atoms with Crippen LogP contribution in [0.25, 0.3) is 6.08 Å². The van der Waals surface area contributed by atoms with Crippen molar-refractivity contribution in [3.63, 3.8) is 0 Å². The molecule has 0 atom stereocenters. The van der Waals surface area contributed by atoms with E-state index in [1.165, 1.54) is 22.2 Å². The fraction of sp³-hybridized carbons (Fsp3) is 0.0714. The molecule has 6 heteroatoms. The third-order valence-electron chi connectivity index (χ3n) is 5.20. The highest BCUT2D eigenvalue weighted by molar-refractivity contribution is 8.18. The predicted molar refractivity (Wildman–Crippen MR) is 140 cm³/mol. The zero-order valence-electron chi connectivity index (χ0n) is 18.5. The monoisotopic (exact) mass is 482 g/mol. The lowest BCUT2D eigenvalue weighted by Gasteiger charge is -2.13. The standard InChI is InChI=1S/C28H22N2O2S2/c1-20-9-13-24(14-10-20)33-25-15-11-21(12-16-25)18-26-27(31)30(19-23-8-5-17-32-23)28(34-26)29-22-6-3-2-4-7-22/h2-18H,19H2,1H3/b26-18-,29-28?. The third-order valence-corrected chi connectivity index (χ3v) is 7.22. The van der Waals surface area contributed by atoms with Crippen LogP contribution in [-0.4, -0.2) is 16.0 Å². The summed E-state index contributed by atoms with van der Waals surface area (Å²) in [5.41, 5.74) is 3.03. The molecule has 1 amide bonds. The lowest BCUT2D eigenvalue weighted by molar-refractivity contribution is -0.122. The van der Waals surface area contributed by atoms with E-state index in [0.29, 0.717) is 22.4 Å². The molecule has 1 aliphatic rings. The summed E-state index contributed by atoms with van der Waals surface area (Å²) < 4.78 is 5.48. The minimum atomic E-state index is -0.0748. The van der Waals surface area contributed by atoms with Gasteiger partial charge in [0.15, 0.2) is 5.17 Å². The number of amides is 1. The lowest BCUT2D eigenvalue weighted by Crippen LogP contribution is -2.28. The quantitative estimate of drug-likeness (QED) is 0.266. The first-order valence-corrected chi connectivity index (χ1v) is 12.5. The van der Waals surface area contributed by atoms with Crippen molar-refractivity contribution in [2.45, 2.75) is 23.3 Å². The topological polar surface area (TPSA) is 45.8 Å². The van der Waals surface area contributed by atoms with Crippen molar-refractivity contribution in [1.82, 2.24) is 4.90 Å². The molecular formula is C28H22N2O2S2. The van der Waals surface area contributed by atoms with Gasteiger partial charge in [-0.25, -0.2) is 4.99 Å². The summed E-state index contributed by atoms with van der Waals surface area (Å²) in [6.45, 7) is 2.43. The van der Waals surface area contributed by atoms with Crippen LogP contribution in [0, 0.1) is 6.92 Å². The number of nitrogens with zero attached hydrogens (tertiary/aromatic N) is 2. The smallest absolute Gasteiger partial charge is 0.267 e. The molecule has 0 unspecified atom stereocenters. The molecule has 0 saturated carbocycles. The molecule has 4 aromatic rings. The highest BCUT2D eigenvalue weighted by atomic mass is 32.2. The first kappa shape index (κ1) is 22.3. The molecule has 5 rings (SSSR count). The van der Waals surface area contributed by atoms with Crippen molar-refractivity contribution in [3.05, 3.63) is 119 Å². The van der Waals surface area contributed by atoms with Gasteiger partial charge in [-0.1, -0.05) is 59.8 Å². The molecule has 1 aromatic heterocycles. The number of para-hydroxylation sites is 1.